The molecule has 2 unspecified atom stereocenters. The molecule has 0 bridgehead atoms. The van der Waals surface area contributed by atoms with Crippen molar-refractivity contribution in [2.45, 2.75) is 31.4 Å². The molecule has 1 aliphatic rings. The van der Waals surface area contributed by atoms with Gasteiger partial charge in [0.25, 0.3) is 0 Å². The first-order valence-corrected chi connectivity index (χ1v) is 5.73. The van der Waals surface area contributed by atoms with Gasteiger partial charge in [-0.3, -0.25) is 16.3 Å². The van der Waals surface area contributed by atoms with Crippen molar-refractivity contribution in [2.24, 2.45) is 11.8 Å². The first-order valence-electron chi connectivity index (χ1n) is 5.73. The van der Waals surface area contributed by atoms with Crippen LogP contribution in [0.1, 0.15) is 18.4 Å². The number of hydrazine groups is 1. The molecular formula is C12H19N3O. The van der Waals surface area contributed by atoms with Crippen LogP contribution >= 0.6 is 0 Å². The van der Waals surface area contributed by atoms with Gasteiger partial charge in [-0.05, 0) is 36.8 Å². The second-order valence-electron chi connectivity index (χ2n) is 4.38. The van der Waals surface area contributed by atoms with Gasteiger partial charge in [0.05, 0.1) is 12.1 Å². The number of nitrogens with two attached hydrogens (primary N) is 1. The van der Waals surface area contributed by atoms with E-state index in [1.807, 2.05) is 12.3 Å². The Kier molecular flexibility index (Phi) is 3.88. The highest BCUT2D eigenvalue weighted by atomic mass is 16.5. The van der Waals surface area contributed by atoms with Crippen LogP contribution in [0, 0.1) is 5.92 Å². The lowest BCUT2D eigenvalue weighted by Crippen LogP contribution is -2.47. The number of hydrogen-bond donors (Lipinski definition) is 2. The fourth-order valence-corrected chi connectivity index (χ4v) is 2.15. The lowest BCUT2D eigenvalue weighted by Gasteiger charge is -2.25. The molecule has 88 valence electrons. The van der Waals surface area contributed by atoms with E-state index in [2.05, 4.69) is 16.5 Å². The molecule has 16 heavy (non-hydrogen) atoms. The summed E-state index contributed by atoms with van der Waals surface area (Å²) in [5, 5.41) is 0. The van der Waals surface area contributed by atoms with Crippen molar-refractivity contribution in [1.82, 2.24) is 10.4 Å². The number of rotatable bonds is 6. The van der Waals surface area contributed by atoms with Crippen molar-refractivity contribution < 1.29 is 4.74 Å². The molecular weight excluding hydrogens is 202 g/mol. The minimum absolute atomic E-state index is 0.168. The van der Waals surface area contributed by atoms with Gasteiger partial charge in [0, 0.05) is 19.5 Å². The van der Waals surface area contributed by atoms with E-state index in [-0.39, 0.29) is 12.1 Å². The molecule has 4 heteroatoms. The van der Waals surface area contributed by atoms with E-state index >= 15 is 0 Å². The predicted octanol–water partition coefficient (Wildman–Crippen LogP) is 0.881. The summed E-state index contributed by atoms with van der Waals surface area (Å²) < 4.78 is 5.54. The molecule has 0 radical (unpaired) electrons. The minimum atomic E-state index is 0.168. The molecule has 1 aromatic heterocycles. The Bertz CT molecular complexity index is 313. The predicted molar refractivity (Wildman–Crippen MR) is 62.6 cm³/mol. The number of nitrogens with zero attached hydrogens (tertiary/aromatic N) is 1. The van der Waals surface area contributed by atoms with Crippen molar-refractivity contribution in [2.75, 3.05) is 7.11 Å². The molecule has 3 N–H and O–H groups in total. The molecule has 2 rings (SSSR count). The van der Waals surface area contributed by atoms with Crippen LogP contribution in [0.4, 0.5) is 0 Å². The summed E-state index contributed by atoms with van der Waals surface area (Å²) in [5.74, 6) is 6.28. The van der Waals surface area contributed by atoms with Crippen LogP contribution in [0.5, 0.6) is 0 Å². The third-order valence-corrected chi connectivity index (χ3v) is 3.15. The van der Waals surface area contributed by atoms with Crippen LogP contribution in [0.25, 0.3) is 0 Å². The largest absolute Gasteiger partial charge is 0.379 e. The quantitative estimate of drug-likeness (QED) is 0.553. The summed E-state index contributed by atoms with van der Waals surface area (Å²) in [6, 6.07) is 4.18. The molecule has 1 saturated carbocycles. The zero-order valence-electron chi connectivity index (χ0n) is 9.60. The fraction of sp³-hybridized carbons (Fsp3) is 0.583. The number of aromatic nitrogens is 1. The minimum Gasteiger partial charge on any atom is -0.379 e. The molecule has 1 aromatic rings. The van der Waals surface area contributed by atoms with E-state index in [0.717, 1.165) is 6.42 Å². The lowest BCUT2D eigenvalue weighted by atomic mass is 10.00. The molecule has 1 heterocycles. The van der Waals surface area contributed by atoms with E-state index in [1.54, 1.807) is 13.3 Å². The van der Waals surface area contributed by atoms with Crippen molar-refractivity contribution in [3.05, 3.63) is 30.1 Å². The third-order valence-electron chi connectivity index (χ3n) is 3.15. The Morgan fingerprint density at radius 2 is 2.44 bits per heavy atom. The Morgan fingerprint density at radius 1 is 1.62 bits per heavy atom. The summed E-state index contributed by atoms with van der Waals surface area (Å²) in [5.41, 5.74) is 4.06. The number of hydrogen-bond acceptors (Lipinski definition) is 4. The molecule has 4 nitrogen and oxygen atoms in total. The Labute approximate surface area is 96.2 Å². The third kappa shape index (κ3) is 2.78. The van der Waals surface area contributed by atoms with Crippen molar-refractivity contribution in [3.8, 4) is 0 Å². The molecule has 0 spiro atoms. The standard InChI is InChI=1S/C12H19N3O/c1-16-12(10-4-5-10)11(15-13)7-9-3-2-6-14-8-9/h2-3,6,8,10-12,15H,4-5,7,13H2,1H3. The number of ether oxygens (including phenoxy) is 1. The summed E-state index contributed by atoms with van der Waals surface area (Å²) in [6.45, 7) is 0. The molecule has 2 atom stereocenters. The molecule has 0 aromatic carbocycles. The van der Waals surface area contributed by atoms with Crippen molar-refractivity contribution in [1.29, 1.82) is 0 Å². The molecule has 0 aliphatic heterocycles. The van der Waals surface area contributed by atoms with Gasteiger partial charge in [-0.25, -0.2) is 0 Å². The number of nitrogens with one attached hydrogen (secondary N) is 1. The zero-order chi connectivity index (χ0) is 11.4. The normalized spacial score (nSPS) is 19.4. The smallest absolute Gasteiger partial charge is 0.0769 e. The summed E-state index contributed by atoms with van der Waals surface area (Å²) in [6.07, 6.45) is 7.24. The van der Waals surface area contributed by atoms with Crippen LogP contribution < -0.4 is 11.3 Å². The Balaban J connectivity index is 1.99. The van der Waals surface area contributed by atoms with Crippen LogP contribution in [0.2, 0.25) is 0 Å². The van der Waals surface area contributed by atoms with Gasteiger partial charge < -0.3 is 4.74 Å². The van der Waals surface area contributed by atoms with Crippen LogP contribution in [-0.4, -0.2) is 24.2 Å². The van der Waals surface area contributed by atoms with Gasteiger partial charge >= 0.3 is 0 Å². The molecule has 0 saturated heterocycles. The van der Waals surface area contributed by atoms with Gasteiger partial charge in [0.1, 0.15) is 0 Å². The highest BCUT2D eigenvalue weighted by Crippen LogP contribution is 2.36. The van der Waals surface area contributed by atoms with Crippen LogP contribution in [-0.2, 0) is 11.2 Å². The van der Waals surface area contributed by atoms with E-state index in [4.69, 9.17) is 10.6 Å². The van der Waals surface area contributed by atoms with E-state index in [9.17, 15) is 0 Å². The summed E-state index contributed by atoms with van der Waals surface area (Å²) in [7, 11) is 1.76. The first-order chi connectivity index (χ1) is 7.85. The first kappa shape index (κ1) is 11.5. The zero-order valence-corrected chi connectivity index (χ0v) is 9.60. The number of methoxy groups -OCH3 is 1. The maximum Gasteiger partial charge on any atom is 0.0769 e. The van der Waals surface area contributed by atoms with Crippen LogP contribution in [0.3, 0.4) is 0 Å². The van der Waals surface area contributed by atoms with E-state index < -0.39 is 0 Å². The van der Waals surface area contributed by atoms with Crippen molar-refractivity contribution in [3.63, 3.8) is 0 Å². The SMILES string of the molecule is COC(C1CC1)C(Cc1cccnc1)NN. The molecule has 0 amide bonds. The highest BCUT2D eigenvalue weighted by molar-refractivity contribution is 5.11. The monoisotopic (exact) mass is 221 g/mol. The average Bonchev–Trinajstić information content (AvgIpc) is 3.14. The van der Waals surface area contributed by atoms with Gasteiger partial charge in [0.2, 0.25) is 0 Å². The second-order valence-corrected chi connectivity index (χ2v) is 4.38. The Hall–Kier alpha value is -0.970. The topological polar surface area (TPSA) is 60.2 Å². The fourth-order valence-electron chi connectivity index (χ4n) is 2.15. The lowest BCUT2D eigenvalue weighted by molar-refractivity contribution is 0.0511. The van der Waals surface area contributed by atoms with Crippen molar-refractivity contribution >= 4 is 0 Å². The maximum absolute atomic E-state index is 5.61. The highest BCUT2D eigenvalue weighted by Gasteiger charge is 2.36. The van der Waals surface area contributed by atoms with Crippen LogP contribution in [0.15, 0.2) is 24.5 Å². The second kappa shape index (κ2) is 5.39. The maximum atomic E-state index is 5.61. The van der Waals surface area contributed by atoms with Gasteiger partial charge in [-0.2, -0.15) is 0 Å². The van der Waals surface area contributed by atoms with Gasteiger partial charge in [-0.15, -0.1) is 0 Å². The Morgan fingerprint density at radius 3 is 2.94 bits per heavy atom. The summed E-state index contributed by atoms with van der Waals surface area (Å²) in [4.78, 5) is 4.11. The van der Waals surface area contributed by atoms with E-state index in [0.29, 0.717) is 5.92 Å². The average molecular weight is 221 g/mol. The molecule has 1 aliphatic carbocycles. The molecule has 1 fully saturated rings. The van der Waals surface area contributed by atoms with Gasteiger partial charge in [-0.1, -0.05) is 6.07 Å². The van der Waals surface area contributed by atoms with Gasteiger partial charge in [0.15, 0.2) is 0 Å². The summed E-state index contributed by atoms with van der Waals surface area (Å²) >= 11 is 0. The van der Waals surface area contributed by atoms with E-state index in [1.165, 1.54) is 18.4 Å². The number of pyridine rings is 1.